The van der Waals surface area contributed by atoms with Crippen molar-refractivity contribution in [1.29, 1.82) is 0 Å². The normalized spacial score (nSPS) is 10.2. The first kappa shape index (κ1) is 37.6. The quantitative estimate of drug-likeness (QED) is 0.169. The molecule has 0 saturated carbocycles. The fourth-order valence-electron chi connectivity index (χ4n) is 3.06. The fraction of sp³-hybridized carbons (Fsp3) is 0.312. The summed E-state index contributed by atoms with van der Waals surface area (Å²) in [6.07, 6.45) is 5.37. The summed E-state index contributed by atoms with van der Waals surface area (Å²) in [6, 6.07) is 24.6. The number of aromatic carboxylic acids is 1. The molecule has 0 radical (unpaired) electrons. The Bertz CT molecular complexity index is 1140. The van der Waals surface area contributed by atoms with Gasteiger partial charge in [-0.2, -0.15) is 0 Å². The van der Waals surface area contributed by atoms with Crippen molar-refractivity contribution in [3.8, 4) is 0 Å². The number of aldehydes is 1. The van der Waals surface area contributed by atoms with E-state index in [1.54, 1.807) is 54.6 Å². The first-order valence-electron chi connectivity index (χ1n) is 13.7. The van der Waals surface area contributed by atoms with Crippen molar-refractivity contribution < 1.29 is 29.4 Å². The molecular weight excluding hydrogens is 536 g/mol. The van der Waals surface area contributed by atoms with Crippen molar-refractivity contribution in [2.45, 2.75) is 51.5 Å². The van der Waals surface area contributed by atoms with E-state index < -0.39 is 18.0 Å². The summed E-state index contributed by atoms with van der Waals surface area (Å²) in [7, 11) is 0. The Labute approximate surface area is 247 Å². The molecular formula is C32H44N4O6. The molecule has 0 unspecified atom stereocenters. The van der Waals surface area contributed by atoms with E-state index in [9.17, 15) is 19.2 Å². The Kier molecular flexibility index (Phi) is 21.9. The number of rotatable bonds is 12. The molecule has 0 aliphatic heterocycles. The summed E-state index contributed by atoms with van der Waals surface area (Å²) in [4.78, 5) is 42.0. The molecule has 0 saturated heterocycles. The first-order valence-corrected chi connectivity index (χ1v) is 13.7. The number of carbonyl (C=O) groups excluding carboxylic acids is 2. The predicted octanol–water partition coefficient (Wildman–Crippen LogP) is 4.34. The number of carboxylic acid groups (broad SMARTS) is 2. The minimum Gasteiger partial charge on any atom is -0.480 e. The second kappa shape index (κ2) is 24.4. The lowest BCUT2D eigenvalue weighted by atomic mass is 10.2. The number of nitrogens with one attached hydrogen (secondary N) is 1. The van der Waals surface area contributed by atoms with Gasteiger partial charge in [0.25, 0.3) is 0 Å². The van der Waals surface area contributed by atoms with Gasteiger partial charge in [0.1, 0.15) is 12.3 Å². The summed E-state index contributed by atoms with van der Waals surface area (Å²) in [5.74, 6) is -1.81. The number of anilines is 1. The predicted molar refractivity (Wildman–Crippen MR) is 166 cm³/mol. The number of carboxylic acids is 2. The van der Waals surface area contributed by atoms with Crippen molar-refractivity contribution in [3.05, 3.63) is 102 Å². The second-order valence-corrected chi connectivity index (χ2v) is 8.96. The number of carbonyl (C=O) groups is 4. The Balaban J connectivity index is 0.000000551. The van der Waals surface area contributed by atoms with Gasteiger partial charge in [0.05, 0.1) is 5.56 Å². The van der Waals surface area contributed by atoms with Crippen LogP contribution in [-0.2, 0) is 16.0 Å². The molecule has 0 aromatic heterocycles. The van der Waals surface area contributed by atoms with Crippen LogP contribution < -0.4 is 22.5 Å². The lowest BCUT2D eigenvalue weighted by molar-refractivity contribution is -0.138. The summed E-state index contributed by atoms with van der Waals surface area (Å²) in [6.45, 7) is 3.29. The smallest absolute Gasteiger partial charge is 0.335 e. The van der Waals surface area contributed by atoms with Crippen LogP contribution in [0.5, 0.6) is 0 Å². The van der Waals surface area contributed by atoms with Gasteiger partial charge in [-0.15, -0.1) is 0 Å². The Hall–Kier alpha value is -4.38. The maximum atomic E-state index is 11.3. The Morgan fingerprint density at radius 1 is 0.833 bits per heavy atom. The number of unbranched alkanes of at least 4 members (excludes halogenated alkanes) is 1. The maximum Gasteiger partial charge on any atom is 0.335 e. The van der Waals surface area contributed by atoms with Crippen molar-refractivity contribution in [2.24, 2.45) is 17.2 Å². The monoisotopic (exact) mass is 580 g/mol. The van der Waals surface area contributed by atoms with Crippen LogP contribution in [0.2, 0.25) is 0 Å². The third-order valence-electron chi connectivity index (χ3n) is 5.42. The van der Waals surface area contributed by atoms with Crippen molar-refractivity contribution in [1.82, 2.24) is 0 Å². The van der Waals surface area contributed by atoms with Crippen molar-refractivity contribution in [2.75, 3.05) is 18.4 Å². The molecule has 1 atom stereocenters. The number of aliphatic carboxylic acids is 1. The molecule has 0 aliphatic carbocycles. The molecule has 1 amide bonds. The van der Waals surface area contributed by atoms with Gasteiger partial charge < -0.3 is 32.7 Å². The summed E-state index contributed by atoms with van der Waals surface area (Å²) in [5, 5.41) is 19.4. The largest absolute Gasteiger partial charge is 0.480 e. The summed E-state index contributed by atoms with van der Waals surface area (Å²) in [5.41, 5.74) is 18.6. The highest BCUT2D eigenvalue weighted by atomic mass is 16.4. The molecule has 3 aromatic rings. The maximum absolute atomic E-state index is 11.3. The van der Waals surface area contributed by atoms with Gasteiger partial charge in [0.15, 0.2) is 0 Å². The Morgan fingerprint density at radius 2 is 1.40 bits per heavy atom. The van der Waals surface area contributed by atoms with Crippen LogP contribution in [-0.4, -0.2) is 53.5 Å². The highest BCUT2D eigenvalue weighted by Gasteiger charge is 2.08. The molecule has 0 heterocycles. The van der Waals surface area contributed by atoms with Gasteiger partial charge in [-0.3, -0.25) is 14.4 Å². The van der Waals surface area contributed by atoms with Crippen LogP contribution in [0.25, 0.3) is 0 Å². The zero-order chi connectivity index (χ0) is 31.6. The molecule has 42 heavy (non-hydrogen) atoms. The summed E-state index contributed by atoms with van der Waals surface area (Å²) >= 11 is 0. The third kappa shape index (κ3) is 19.6. The lowest BCUT2D eigenvalue weighted by Crippen LogP contribution is -2.30. The van der Waals surface area contributed by atoms with Crippen LogP contribution in [0, 0.1) is 0 Å². The molecule has 228 valence electrons. The van der Waals surface area contributed by atoms with E-state index >= 15 is 0 Å². The van der Waals surface area contributed by atoms with Crippen LogP contribution in [0.1, 0.15) is 65.3 Å². The van der Waals surface area contributed by atoms with Gasteiger partial charge in [0, 0.05) is 17.7 Å². The topological polar surface area (TPSA) is 199 Å². The average molecular weight is 581 g/mol. The molecule has 0 spiro atoms. The fourth-order valence-corrected chi connectivity index (χ4v) is 3.06. The second-order valence-electron chi connectivity index (χ2n) is 8.96. The molecule has 0 fully saturated rings. The van der Waals surface area contributed by atoms with Gasteiger partial charge >= 0.3 is 11.9 Å². The van der Waals surface area contributed by atoms with Gasteiger partial charge in [-0.05, 0) is 80.7 Å². The number of hydrogen-bond acceptors (Lipinski definition) is 7. The average Bonchev–Trinajstić information content (AvgIpc) is 3.01. The number of amides is 1. The SMILES string of the molecule is CCCCC(=O)Nc1ccc(C=O)cc1.NCCC[C@H](N)C(=O)O.NCCc1ccccc1.O=C(O)c1ccccc1. The lowest BCUT2D eigenvalue weighted by Gasteiger charge is -2.04. The van der Waals surface area contributed by atoms with Gasteiger partial charge in [-0.1, -0.05) is 61.9 Å². The van der Waals surface area contributed by atoms with E-state index in [-0.39, 0.29) is 5.91 Å². The zero-order valence-corrected chi connectivity index (χ0v) is 24.2. The van der Waals surface area contributed by atoms with Crippen LogP contribution in [0.15, 0.2) is 84.9 Å². The third-order valence-corrected chi connectivity index (χ3v) is 5.42. The van der Waals surface area contributed by atoms with E-state index in [0.29, 0.717) is 36.9 Å². The first-order chi connectivity index (χ1) is 20.2. The molecule has 9 N–H and O–H groups in total. The standard InChI is InChI=1S/C12H15NO2.C8H11N.C7H6O2.C5H12N2O2/c1-2-3-4-12(15)13-11-7-5-10(9-14)6-8-11;9-7-6-8-4-2-1-3-5-8;8-7(9)6-4-2-1-3-5-6;6-3-1-2-4(7)5(8)9/h5-9H,2-4H2,1H3,(H,13,15);1-5H,6-7,9H2;1-5H,(H,8,9);4H,1-3,6-7H2,(H,8,9)/t;;;4-/m...0/s1. The van der Waals surface area contributed by atoms with Gasteiger partial charge in [0.2, 0.25) is 5.91 Å². The van der Waals surface area contributed by atoms with Gasteiger partial charge in [-0.25, -0.2) is 4.79 Å². The minimum atomic E-state index is -0.955. The van der Waals surface area contributed by atoms with E-state index in [1.165, 1.54) is 5.56 Å². The van der Waals surface area contributed by atoms with Crippen LogP contribution in [0.4, 0.5) is 5.69 Å². The van der Waals surface area contributed by atoms with E-state index in [2.05, 4.69) is 17.4 Å². The van der Waals surface area contributed by atoms with E-state index in [1.807, 2.05) is 25.1 Å². The van der Waals surface area contributed by atoms with E-state index in [0.717, 1.165) is 37.8 Å². The molecule has 3 aromatic carbocycles. The van der Waals surface area contributed by atoms with E-state index in [4.69, 9.17) is 27.4 Å². The van der Waals surface area contributed by atoms with Crippen LogP contribution >= 0.6 is 0 Å². The van der Waals surface area contributed by atoms with Crippen molar-refractivity contribution >= 4 is 29.8 Å². The number of nitrogens with two attached hydrogens (primary N) is 3. The molecule has 3 rings (SSSR count). The van der Waals surface area contributed by atoms with Crippen LogP contribution in [0.3, 0.4) is 0 Å². The molecule has 10 nitrogen and oxygen atoms in total. The highest BCUT2D eigenvalue weighted by molar-refractivity contribution is 5.91. The Morgan fingerprint density at radius 3 is 1.83 bits per heavy atom. The number of hydrogen-bond donors (Lipinski definition) is 6. The molecule has 10 heteroatoms. The minimum absolute atomic E-state index is 0.0238. The molecule has 0 aliphatic rings. The van der Waals surface area contributed by atoms with Crippen molar-refractivity contribution in [3.63, 3.8) is 0 Å². The highest BCUT2D eigenvalue weighted by Crippen LogP contribution is 2.09. The summed E-state index contributed by atoms with van der Waals surface area (Å²) < 4.78 is 0. The number of benzene rings is 3. The molecule has 0 bridgehead atoms. The zero-order valence-electron chi connectivity index (χ0n) is 24.2.